The molecule has 0 saturated heterocycles. The Morgan fingerprint density at radius 1 is 0.372 bits per heavy atom. The summed E-state index contributed by atoms with van der Waals surface area (Å²) < 4.78 is 237. The molecular weight excluding hydrogens is 520 g/mol. The molecule has 200 valence electrons. The van der Waals surface area contributed by atoms with Crippen LogP contribution in [0, 0.1) is 0 Å². The first-order valence-electron chi connectivity index (χ1n) is 25.7. The smallest absolute Gasteiger partial charge is 0.143 e. The third-order valence-corrected chi connectivity index (χ3v) is 7.00. The van der Waals surface area contributed by atoms with E-state index in [9.17, 15) is 11.0 Å². The van der Waals surface area contributed by atoms with Crippen LogP contribution in [0.3, 0.4) is 0 Å². The van der Waals surface area contributed by atoms with Gasteiger partial charge in [-0.15, -0.1) is 0 Å². The minimum absolute atomic E-state index is 0.411. The first kappa shape index (κ1) is 9.69. The van der Waals surface area contributed by atoms with E-state index in [1.54, 1.807) is 0 Å². The van der Waals surface area contributed by atoms with Gasteiger partial charge in [-0.3, -0.25) is 0 Å². The van der Waals surface area contributed by atoms with Gasteiger partial charge >= 0.3 is 0 Å². The van der Waals surface area contributed by atoms with E-state index in [1.807, 2.05) is 0 Å². The van der Waals surface area contributed by atoms with Gasteiger partial charge in [0.05, 0.1) is 35.6 Å². The van der Waals surface area contributed by atoms with Crippen LogP contribution in [0.2, 0.25) is 0 Å². The van der Waals surface area contributed by atoms with E-state index in [4.69, 9.17) is 29.1 Å². The van der Waals surface area contributed by atoms with Gasteiger partial charge in [0.1, 0.15) is 11.2 Å². The maximum absolute atomic E-state index is 9.57. The van der Waals surface area contributed by atoms with Crippen molar-refractivity contribution in [3.05, 3.63) is 157 Å². The fourth-order valence-electron chi connectivity index (χ4n) is 5.22. The Bertz CT molecular complexity index is 3830. The molecule has 8 aromatic carbocycles. The van der Waals surface area contributed by atoms with Gasteiger partial charge in [0, 0.05) is 16.2 Å². The standard InChI is InChI=1S/C42H26O/c1-2-12-29(13-3-1)39-33-15-6-8-17-35(33)40(36-18-9-7-16-34(36)39)30-23-21-28(22-24-30)31-19-10-20-38-41(31)37-26-25-27-11-4-5-14-32(27)42(37)43-38/h1-26H/i1D,2D,3D,4D,5D,6D,7D,8D,9D,10D,11D,12D,13D,14D,15D,16D,17D,18D,19D,20D,21D,22D,23D,24D,25D,26D. The molecule has 1 aromatic heterocycles. The normalized spacial score (nSPS) is 20.2. The van der Waals surface area contributed by atoms with Gasteiger partial charge in [0.25, 0.3) is 0 Å². The van der Waals surface area contributed by atoms with Crippen LogP contribution in [0.5, 0.6) is 0 Å². The molecular formula is C42H26O. The van der Waals surface area contributed by atoms with Crippen LogP contribution < -0.4 is 0 Å². The lowest BCUT2D eigenvalue weighted by atomic mass is 9.85. The predicted octanol–water partition coefficient (Wildman–Crippen LogP) is 12.0. The zero-order valence-corrected chi connectivity index (χ0v) is 21.4. The van der Waals surface area contributed by atoms with Gasteiger partial charge in [0.2, 0.25) is 0 Å². The second-order valence-electron chi connectivity index (χ2n) is 9.26. The molecule has 0 N–H and O–H groups in total. The first-order chi connectivity index (χ1) is 32.2. The van der Waals surface area contributed by atoms with Crippen LogP contribution >= 0.6 is 0 Å². The number of furan rings is 1. The summed E-state index contributed by atoms with van der Waals surface area (Å²) in [5, 5.41) is -4.55. The molecule has 0 aliphatic carbocycles. The molecule has 1 heterocycles. The van der Waals surface area contributed by atoms with Crippen LogP contribution in [0.15, 0.2) is 162 Å². The fourth-order valence-corrected chi connectivity index (χ4v) is 5.22. The van der Waals surface area contributed by atoms with Gasteiger partial charge in [-0.05, 0) is 72.4 Å². The summed E-state index contributed by atoms with van der Waals surface area (Å²) in [5.41, 5.74) is -5.47. The third kappa shape index (κ3) is 3.65. The number of hydrogen-bond acceptors (Lipinski definition) is 1. The molecule has 1 heteroatoms. The highest BCUT2D eigenvalue weighted by Gasteiger charge is 2.18. The fraction of sp³-hybridized carbons (Fsp3) is 0. The molecule has 0 aliphatic heterocycles. The zero-order chi connectivity index (χ0) is 51.0. The van der Waals surface area contributed by atoms with Crippen LogP contribution in [-0.4, -0.2) is 0 Å². The summed E-state index contributed by atoms with van der Waals surface area (Å²) >= 11 is 0. The Balaban J connectivity index is 1.54. The van der Waals surface area contributed by atoms with Crippen molar-refractivity contribution in [3.63, 3.8) is 0 Å². The van der Waals surface area contributed by atoms with E-state index in [1.165, 1.54) is 0 Å². The lowest BCUT2D eigenvalue weighted by molar-refractivity contribution is 0.673. The maximum atomic E-state index is 9.57. The van der Waals surface area contributed by atoms with E-state index in [0.717, 1.165) is 0 Å². The van der Waals surface area contributed by atoms with Gasteiger partial charge in [-0.1, -0.05) is 145 Å². The lowest BCUT2D eigenvalue weighted by Crippen LogP contribution is -1.90. The average molecular weight is 573 g/mol. The molecule has 0 fully saturated rings. The van der Waals surface area contributed by atoms with Crippen molar-refractivity contribution in [1.29, 1.82) is 0 Å². The summed E-state index contributed by atoms with van der Waals surface area (Å²) in [6, 6.07) is -23.4. The highest BCUT2D eigenvalue weighted by molar-refractivity contribution is 6.22. The van der Waals surface area contributed by atoms with E-state index in [2.05, 4.69) is 0 Å². The Morgan fingerprint density at radius 3 is 1.56 bits per heavy atom. The van der Waals surface area contributed by atoms with E-state index >= 15 is 0 Å². The number of benzene rings is 8. The Labute approximate surface area is 285 Å². The van der Waals surface area contributed by atoms with Gasteiger partial charge in [-0.25, -0.2) is 0 Å². The molecule has 0 radical (unpaired) electrons. The molecule has 1 nitrogen and oxygen atoms in total. The van der Waals surface area contributed by atoms with Crippen molar-refractivity contribution < 1.29 is 40.1 Å². The Morgan fingerprint density at radius 2 is 0.907 bits per heavy atom. The summed E-state index contributed by atoms with van der Waals surface area (Å²) in [6.07, 6.45) is 0. The highest BCUT2D eigenvalue weighted by atomic mass is 16.3. The van der Waals surface area contributed by atoms with Crippen molar-refractivity contribution in [2.24, 2.45) is 0 Å². The van der Waals surface area contributed by atoms with Gasteiger partial charge < -0.3 is 4.42 Å². The number of hydrogen-bond donors (Lipinski definition) is 0. The lowest BCUT2D eigenvalue weighted by Gasteiger charge is -2.18. The third-order valence-electron chi connectivity index (χ3n) is 7.00. The van der Waals surface area contributed by atoms with Crippen LogP contribution in [0.1, 0.15) is 35.6 Å². The molecule has 0 atom stereocenters. The molecule has 0 amide bonds. The van der Waals surface area contributed by atoms with E-state index in [0.29, 0.717) is 0 Å². The van der Waals surface area contributed by atoms with Crippen molar-refractivity contribution in [3.8, 4) is 33.4 Å². The molecule has 0 spiro atoms. The summed E-state index contributed by atoms with van der Waals surface area (Å²) in [4.78, 5) is 0. The molecule has 0 saturated carbocycles. The van der Waals surface area contributed by atoms with Gasteiger partial charge in [0.15, 0.2) is 0 Å². The molecule has 0 aliphatic rings. The van der Waals surface area contributed by atoms with Gasteiger partial charge in [-0.2, -0.15) is 0 Å². The largest absolute Gasteiger partial charge is 0.455 e. The van der Waals surface area contributed by atoms with E-state index in [-0.39, 0.29) is 0 Å². The van der Waals surface area contributed by atoms with Crippen molar-refractivity contribution in [1.82, 2.24) is 0 Å². The zero-order valence-electron chi connectivity index (χ0n) is 47.4. The molecule has 9 aromatic rings. The molecule has 43 heavy (non-hydrogen) atoms. The topological polar surface area (TPSA) is 13.1 Å². The highest BCUT2D eigenvalue weighted by Crippen LogP contribution is 2.44. The van der Waals surface area contributed by atoms with Crippen LogP contribution in [-0.2, 0) is 0 Å². The van der Waals surface area contributed by atoms with E-state index < -0.39 is 245 Å². The minimum Gasteiger partial charge on any atom is -0.455 e. The number of fused-ring (bicyclic) bond motifs is 7. The number of rotatable bonds is 3. The summed E-state index contributed by atoms with van der Waals surface area (Å²) in [5.74, 6) is 0. The van der Waals surface area contributed by atoms with Crippen molar-refractivity contribution in [2.45, 2.75) is 0 Å². The Kier molecular flexibility index (Phi) is 2.13. The quantitative estimate of drug-likeness (QED) is 0.192. The summed E-state index contributed by atoms with van der Waals surface area (Å²) in [7, 11) is 0. The van der Waals surface area contributed by atoms with Crippen LogP contribution in [0.4, 0.5) is 0 Å². The minimum atomic E-state index is -1.07. The Hall–Kier alpha value is -5.66. The monoisotopic (exact) mass is 572 g/mol. The average Bonchev–Trinajstić information content (AvgIpc) is 3.72. The SMILES string of the molecule is [2H]c1c([2H])c([2H])c(-c2c3c([2H])c([2H])c([2H])c([2H])c3c(-c3c([2H])c([2H])c(-c4c([2H])c([2H])c([2H])c5oc6c7c([2H])c([2H])c([2H])c([2H])c7c([2H])c([2H])c6c45)c([2H])c3[2H])c3c([2H])c([2H])c([2H])c([2H])c23)c([2H])c1[2H]. The van der Waals surface area contributed by atoms with Crippen molar-refractivity contribution in [2.75, 3.05) is 0 Å². The molecule has 9 rings (SSSR count). The first-order valence-corrected chi connectivity index (χ1v) is 12.7. The predicted molar refractivity (Wildman–Crippen MR) is 183 cm³/mol. The molecule has 0 unspecified atom stereocenters. The summed E-state index contributed by atoms with van der Waals surface area (Å²) in [6.45, 7) is 0. The second-order valence-corrected chi connectivity index (χ2v) is 9.26. The second kappa shape index (κ2) is 9.44. The van der Waals surface area contributed by atoms with Crippen LogP contribution in [0.25, 0.3) is 87.6 Å². The van der Waals surface area contributed by atoms with Crippen molar-refractivity contribution >= 4 is 54.3 Å². The molecule has 0 bridgehead atoms. The maximum Gasteiger partial charge on any atom is 0.143 e.